The van der Waals surface area contributed by atoms with Crippen LogP contribution < -0.4 is 21.0 Å². The Hall–Kier alpha value is -3.81. The maximum absolute atomic E-state index is 12.8. The first kappa shape index (κ1) is 43.3. The molecule has 0 unspecified atom stereocenters. The van der Waals surface area contributed by atoms with E-state index in [9.17, 15) is 14.8 Å². The zero-order chi connectivity index (χ0) is 42.4. The fraction of sp³-hybridized carbons (Fsp3) is 0.422. The van der Waals surface area contributed by atoms with Gasteiger partial charge >= 0.3 is 12.8 Å². The number of nitrogens with zero attached hydrogens (tertiary/aromatic N) is 7. The Morgan fingerprint density at radius 1 is 0.695 bits per heavy atom. The molecule has 0 amide bonds. The number of hydrogen-bond donors (Lipinski definition) is 2. The highest BCUT2D eigenvalue weighted by Crippen LogP contribution is 2.38. The van der Waals surface area contributed by atoms with Gasteiger partial charge < -0.3 is 24.4 Å². The Morgan fingerprint density at radius 3 is 1.86 bits per heavy atom. The average molecular weight is 859 g/mol. The number of aryl methyl sites for hydroxylation is 2. The molecule has 59 heavy (non-hydrogen) atoms. The molecule has 2 aromatic heterocycles. The molecule has 2 aliphatic rings. The number of rotatable bonds is 10. The second-order valence-electron chi connectivity index (χ2n) is 17.5. The topological polar surface area (TPSA) is 93.2 Å². The number of anilines is 2. The molecule has 0 saturated carbocycles. The normalized spacial score (nSPS) is 15.9. The molecule has 2 saturated heterocycles. The van der Waals surface area contributed by atoms with E-state index in [2.05, 4.69) is 79.3 Å². The van der Waals surface area contributed by atoms with Gasteiger partial charge in [0.2, 0.25) is 0 Å². The lowest BCUT2D eigenvalue weighted by molar-refractivity contribution is 0.104. The SMILES string of the molecule is Cc1c(-c2ccc(-n3ccn(C)c3=O)c(Cl)c2)cc(CCC(C)(C)N2CCN(c3cc(B(O)O)ccc3Cl)CC2)nc1-c1ccc(Cl)c(N2CCN(C(C)(C)C)CC2)c1. The molecule has 4 heterocycles. The quantitative estimate of drug-likeness (QED) is 0.142. The summed E-state index contributed by atoms with van der Waals surface area (Å²) in [5.74, 6) is 0. The van der Waals surface area contributed by atoms with Gasteiger partial charge in [-0.15, -0.1) is 0 Å². The lowest BCUT2D eigenvalue weighted by Gasteiger charge is -2.45. The third-order valence-electron chi connectivity index (χ3n) is 12.3. The summed E-state index contributed by atoms with van der Waals surface area (Å²) < 4.78 is 3.09. The summed E-state index contributed by atoms with van der Waals surface area (Å²) in [4.78, 5) is 27.9. The van der Waals surface area contributed by atoms with Crippen molar-refractivity contribution in [3.8, 4) is 28.1 Å². The van der Waals surface area contributed by atoms with Crippen LogP contribution >= 0.6 is 34.8 Å². The minimum atomic E-state index is -1.55. The lowest BCUT2D eigenvalue weighted by atomic mass is 9.80. The molecule has 2 fully saturated rings. The Labute approximate surface area is 363 Å². The van der Waals surface area contributed by atoms with Crippen molar-refractivity contribution in [1.82, 2.24) is 23.9 Å². The number of imidazole rings is 1. The number of aromatic nitrogens is 3. The number of pyridine rings is 1. The van der Waals surface area contributed by atoms with Crippen LogP contribution in [0.15, 0.2) is 77.9 Å². The zero-order valence-corrected chi connectivity index (χ0v) is 37.4. The molecule has 3 aromatic carbocycles. The van der Waals surface area contributed by atoms with Crippen LogP contribution in [0.5, 0.6) is 0 Å². The van der Waals surface area contributed by atoms with Gasteiger partial charge in [-0.1, -0.05) is 53.0 Å². The summed E-state index contributed by atoms with van der Waals surface area (Å²) in [6.45, 7) is 20.4. The first-order valence-electron chi connectivity index (χ1n) is 20.4. The highest BCUT2D eigenvalue weighted by atomic mass is 35.5. The lowest BCUT2D eigenvalue weighted by Crippen LogP contribution is -2.55. The largest absolute Gasteiger partial charge is 0.488 e. The first-order valence-corrected chi connectivity index (χ1v) is 21.5. The van der Waals surface area contributed by atoms with Gasteiger partial charge in [0.15, 0.2) is 0 Å². The Balaban J connectivity index is 1.18. The molecule has 0 bridgehead atoms. The van der Waals surface area contributed by atoms with E-state index in [-0.39, 0.29) is 16.8 Å². The van der Waals surface area contributed by atoms with E-state index in [0.717, 1.165) is 115 Å². The third-order valence-corrected chi connectivity index (χ3v) is 13.3. The summed E-state index contributed by atoms with van der Waals surface area (Å²) in [5, 5.41) is 21.3. The molecule has 312 valence electrons. The minimum Gasteiger partial charge on any atom is -0.423 e. The van der Waals surface area contributed by atoms with Crippen LogP contribution in [-0.2, 0) is 13.5 Å². The molecular weight excluding hydrogens is 804 g/mol. The predicted molar refractivity (Wildman–Crippen MR) is 245 cm³/mol. The van der Waals surface area contributed by atoms with Crippen molar-refractivity contribution in [3.63, 3.8) is 0 Å². The van der Waals surface area contributed by atoms with Gasteiger partial charge in [-0.3, -0.25) is 19.4 Å². The van der Waals surface area contributed by atoms with Gasteiger partial charge in [0.25, 0.3) is 0 Å². The van der Waals surface area contributed by atoms with Crippen molar-refractivity contribution in [3.05, 3.63) is 110 Å². The van der Waals surface area contributed by atoms with E-state index in [1.54, 1.807) is 42.2 Å². The van der Waals surface area contributed by atoms with Gasteiger partial charge in [-0.05, 0) is 119 Å². The Morgan fingerprint density at radius 2 is 1.29 bits per heavy atom. The first-order chi connectivity index (χ1) is 27.9. The highest BCUT2D eigenvalue weighted by molar-refractivity contribution is 6.59. The van der Waals surface area contributed by atoms with Crippen LogP contribution in [0, 0.1) is 6.92 Å². The molecule has 7 rings (SSSR count). The van der Waals surface area contributed by atoms with Crippen LogP contribution in [0.3, 0.4) is 0 Å². The second kappa shape index (κ2) is 17.3. The molecule has 2 N–H and O–H groups in total. The second-order valence-corrected chi connectivity index (χ2v) is 18.8. The van der Waals surface area contributed by atoms with Crippen LogP contribution in [-0.4, -0.2) is 105 Å². The Bertz CT molecular complexity index is 2380. The molecular formula is C45H55BCl3N7O3. The number of hydrogen-bond acceptors (Lipinski definition) is 8. The highest BCUT2D eigenvalue weighted by Gasteiger charge is 2.32. The van der Waals surface area contributed by atoms with E-state index in [4.69, 9.17) is 39.8 Å². The smallest absolute Gasteiger partial charge is 0.423 e. The van der Waals surface area contributed by atoms with Crippen molar-refractivity contribution >= 4 is 58.8 Å². The molecule has 10 nitrogen and oxygen atoms in total. The standard InChI is InChI=1S/C45H55BCl3N7O3/c1-30-35(31-9-13-39(38(49)26-31)56-25-16-51(7)43(56)57)29-34(50-42(30)32-8-11-36(47)40(27-32)52-17-21-54(22-18-52)44(2,3)4)14-15-45(5,6)55-23-19-53(20-24-55)41-28-33(46(58)59)10-12-37(41)48/h8-13,16,25-29,58-59H,14-15,17-24H2,1-7H3. The fourth-order valence-electron chi connectivity index (χ4n) is 8.49. The predicted octanol–water partition coefficient (Wildman–Crippen LogP) is 7.31. The van der Waals surface area contributed by atoms with E-state index in [1.165, 1.54) is 4.57 Å². The van der Waals surface area contributed by atoms with E-state index >= 15 is 0 Å². The monoisotopic (exact) mass is 857 g/mol. The fourth-order valence-corrected chi connectivity index (χ4v) is 9.23. The average Bonchev–Trinajstić information content (AvgIpc) is 3.54. The van der Waals surface area contributed by atoms with Crippen molar-refractivity contribution in [2.75, 3.05) is 62.2 Å². The van der Waals surface area contributed by atoms with Crippen molar-refractivity contribution in [2.45, 2.75) is 65.5 Å². The Kier molecular flexibility index (Phi) is 12.7. The zero-order valence-electron chi connectivity index (χ0n) is 35.1. The third kappa shape index (κ3) is 9.27. The molecule has 2 aliphatic heterocycles. The van der Waals surface area contributed by atoms with Gasteiger partial charge in [0.1, 0.15) is 0 Å². The summed E-state index contributed by atoms with van der Waals surface area (Å²) in [6.07, 6.45) is 5.07. The minimum absolute atomic E-state index is 0.115. The number of halogens is 3. The molecule has 0 atom stereocenters. The molecule has 14 heteroatoms. The van der Waals surface area contributed by atoms with Crippen LogP contribution in [0.1, 0.15) is 52.3 Å². The van der Waals surface area contributed by atoms with Gasteiger partial charge in [0.05, 0.1) is 37.8 Å². The molecule has 0 radical (unpaired) electrons. The summed E-state index contributed by atoms with van der Waals surface area (Å²) in [7, 11) is 0.178. The van der Waals surface area contributed by atoms with Crippen LogP contribution in [0.2, 0.25) is 15.1 Å². The van der Waals surface area contributed by atoms with Gasteiger partial charge in [0, 0.05) is 94.1 Å². The van der Waals surface area contributed by atoms with Crippen LogP contribution in [0.25, 0.3) is 28.1 Å². The summed E-state index contributed by atoms with van der Waals surface area (Å²) >= 11 is 20.5. The van der Waals surface area contributed by atoms with Crippen molar-refractivity contribution in [1.29, 1.82) is 0 Å². The van der Waals surface area contributed by atoms with E-state index in [0.29, 0.717) is 21.2 Å². The summed E-state index contributed by atoms with van der Waals surface area (Å²) in [6, 6.07) is 19.5. The number of benzene rings is 3. The van der Waals surface area contributed by atoms with Gasteiger partial charge in [-0.25, -0.2) is 4.79 Å². The number of piperazine rings is 2. The molecule has 5 aromatic rings. The van der Waals surface area contributed by atoms with E-state index in [1.807, 2.05) is 24.3 Å². The van der Waals surface area contributed by atoms with E-state index < -0.39 is 7.12 Å². The van der Waals surface area contributed by atoms with Crippen molar-refractivity contribution < 1.29 is 10.0 Å². The van der Waals surface area contributed by atoms with Crippen molar-refractivity contribution in [2.24, 2.45) is 7.05 Å². The maximum Gasteiger partial charge on any atom is 0.488 e. The molecule has 0 aliphatic carbocycles. The molecule has 0 spiro atoms. The van der Waals surface area contributed by atoms with Gasteiger partial charge in [-0.2, -0.15) is 0 Å². The maximum atomic E-state index is 12.8. The van der Waals surface area contributed by atoms with Crippen LogP contribution in [0.4, 0.5) is 11.4 Å². The summed E-state index contributed by atoms with van der Waals surface area (Å²) in [5.41, 5.74) is 8.62.